The Morgan fingerprint density at radius 3 is 2.89 bits per heavy atom. The minimum atomic E-state index is -2.95. The number of methoxy groups -OCH3 is 1. The Bertz CT molecular complexity index is 936. The van der Waals surface area contributed by atoms with Crippen LogP contribution in [-0.4, -0.2) is 35.4 Å². The van der Waals surface area contributed by atoms with E-state index >= 15 is 0 Å². The highest BCUT2D eigenvalue weighted by atomic mass is 32.2. The Balaban J connectivity index is 1.55. The SMILES string of the molecule is COc1cc(COC(=O)CSc2ncnc3sccc23)ccc1OC(F)F. The number of alkyl halides is 2. The summed E-state index contributed by atoms with van der Waals surface area (Å²) in [5.74, 6) is -0.277. The number of hydrogen-bond acceptors (Lipinski definition) is 8. The van der Waals surface area contributed by atoms with E-state index in [0.29, 0.717) is 10.6 Å². The van der Waals surface area contributed by atoms with Gasteiger partial charge in [0.1, 0.15) is 22.8 Å². The first kappa shape index (κ1) is 19.3. The topological polar surface area (TPSA) is 70.5 Å². The highest BCUT2D eigenvalue weighted by molar-refractivity contribution is 8.00. The number of thiophene rings is 1. The monoisotopic (exact) mass is 412 g/mol. The maximum absolute atomic E-state index is 12.3. The van der Waals surface area contributed by atoms with Crippen molar-refractivity contribution in [2.75, 3.05) is 12.9 Å². The van der Waals surface area contributed by atoms with Crippen LogP contribution in [0, 0.1) is 0 Å². The van der Waals surface area contributed by atoms with Crippen LogP contribution in [0.3, 0.4) is 0 Å². The molecule has 1 aromatic carbocycles. The molecule has 10 heteroatoms. The first-order valence-corrected chi connectivity index (χ1v) is 9.51. The Morgan fingerprint density at radius 1 is 1.26 bits per heavy atom. The van der Waals surface area contributed by atoms with Crippen molar-refractivity contribution in [3.63, 3.8) is 0 Å². The number of esters is 1. The van der Waals surface area contributed by atoms with Crippen LogP contribution in [0.4, 0.5) is 8.78 Å². The number of ether oxygens (including phenoxy) is 3. The maximum Gasteiger partial charge on any atom is 0.387 e. The number of carbonyl (C=O) groups excluding carboxylic acids is 1. The van der Waals surface area contributed by atoms with Crippen molar-refractivity contribution in [2.45, 2.75) is 18.2 Å². The quantitative estimate of drug-likeness (QED) is 0.313. The number of halogens is 2. The van der Waals surface area contributed by atoms with E-state index < -0.39 is 12.6 Å². The molecule has 2 aromatic heterocycles. The van der Waals surface area contributed by atoms with E-state index in [-0.39, 0.29) is 23.9 Å². The molecule has 0 aliphatic heterocycles. The Kier molecular flexibility index (Phi) is 6.40. The van der Waals surface area contributed by atoms with E-state index in [2.05, 4.69) is 14.7 Å². The van der Waals surface area contributed by atoms with Crippen LogP contribution in [0.25, 0.3) is 10.2 Å². The van der Waals surface area contributed by atoms with Gasteiger partial charge in [-0.2, -0.15) is 8.78 Å². The van der Waals surface area contributed by atoms with Gasteiger partial charge >= 0.3 is 12.6 Å². The average molecular weight is 412 g/mol. The summed E-state index contributed by atoms with van der Waals surface area (Å²) in [6, 6.07) is 6.26. The molecule has 3 aromatic rings. The van der Waals surface area contributed by atoms with E-state index in [4.69, 9.17) is 9.47 Å². The van der Waals surface area contributed by atoms with E-state index in [1.165, 1.54) is 54.7 Å². The molecule has 0 atom stereocenters. The molecular weight excluding hydrogens is 398 g/mol. The average Bonchev–Trinajstić information content (AvgIpc) is 3.14. The molecule has 0 spiro atoms. The molecule has 3 rings (SSSR count). The molecule has 142 valence electrons. The third kappa shape index (κ3) is 5.04. The van der Waals surface area contributed by atoms with Gasteiger partial charge < -0.3 is 14.2 Å². The van der Waals surface area contributed by atoms with Crippen molar-refractivity contribution in [2.24, 2.45) is 0 Å². The van der Waals surface area contributed by atoms with Crippen LogP contribution in [0.2, 0.25) is 0 Å². The van der Waals surface area contributed by atoms with Gasteiger partial charge in [0, 0.05) is 5.39 Å². The molecule has 0 saturated carbocycles. The second-order valence-electron chi connectivity index (χ2n) is 5.13. The standard InChI is InChI=1S/C17H14F2N2O4S2/c1-23-13-6-10(2-3-12(13)25-17(18)19)7-24-14(22)8-27-16-11-4-5-26-15(11)20-9-21-16/h2-6,9,17H,7-8H2,1H3. The number of benzene rings is 1. The second-order valence-corrected chi connectivity index (χ2v) is 6.99. The van der Waals surface area contributed by atoms with Gasteiger partial charge in [-0.05, 0) is 29.1 Å². The number of carbonyl (C=O) groups is 1. The molecule has 0 N–H and O–H groups in total. The first-order chi connectivity index (χ1) is 13.1. The van der Waals surface area contributed by atoms with Gasteiger partial charge in [-0.25, -0.2) is 9.97 Å². The van der Waals surface area contributed by atoms with Gasteiger partial charge in [0.05, 0.1) is 12.9 Å². The van der Waals surface area contributed by atoms with E-state index in [0.717, 1.165) is 10.2 Å². The molecule has 27 heavy (non-hydrogen) atoms. The van der Waals surface area contributed by atoms with Crippen molar-refractivity contribution in [3.8, 4) is 11.5 Å². The molecule has 0 unspecified atom stereocenters. The summed E-state index contributed by atoms with van der Waals surface area (Å²) in [4.78, 5) is 21.2. The fraction of sp³-hybridized carbons (Fsp3) is 0.235. The lowest BCUT2D eigenvalue weighted by Crippen LogP contribution is -2.08. The van der Waals surface area contributed by atoms with E-state index in [1.54, 1.807) is 0 Å². The van der Waals surface area contributed by atoms with Crippen molar-refractivity contribution >= 4 is 39.3 Å². The van der Waals surface area contributed by atoms with Gasteiger partial charge in [-0.1, -0.05) is 17.8 Å². The molecular formula is C17H14F2N2O4S2. The molecule has 6 nitrogen and oxygen atoms in total. The number of aromatic nitrogens is 2. The summed E-state index contributed by atoms with van der Waals surface area (Å²) >= 11 is 2.77. The third-order valence-corrected chi connectivity index (χ3v) is 5.20. The smallest absolute Gasteiger partial charge is 0.387 e. The van der Waals surface area contributed by atoms with Crippen molar-refractivity contribution < 1.29 is 27.8 Å². The molecule has 0 saturated heterocycles. The van der Waals surface area contributed by atoms with Gasteiger partial charge in [-0.15, -0.1) is 11.3 Å². The zero-order chi connectivity index (χ0) is 19.2. The Morgan fingerprint density at radius 2 is 2.11 bits per heavy atom. The zero-order valence-electron chi connectivity index (χ0n) is 14.1. The lowest BCUT2D eigenvalue weighted by Gasteiger charge is -2.11. The molecule has 0 radical (unpaired) electrons. The van der Waals surface area contributed by atoms with E-state index in [1.807, 2.05) is 11.4 Å². The van der Waals surface area contributed by atoms with Gasteiger partial charge in [0.25, 0.3) is 0 Å². The van der Waals surface area contributed by atoms with Crippen molar-refractivity contribution in [1.29, 1.82) is 0 Å². The number of fused-ring (bicyclic) bond motifs is 1. The summed E-state index contributed by atoms with van der Waals surface area (Å²) in [5, 5.41) is 3.53. The number of hydrogen-bond donors (Lipinski definition) is 0. The van der Waals surface area contributed by atoms with Crippen LogP contribution in [0.5, 0.6) is 11.5 Å². The van der Waals surface area contributed by atoms with Crippen LogP contribution in [-0.2, 0) is 16.1 Å². The van der Waals surface area contributed by atoms with Gasteiger partial charge in [0.15, 0.2) is 11.5 Å². The Labute approximate surface area is 161 Å². The van der Waals surface area contributed by atoms with Gasteiger partial charge in [-0.3, -0.25) is 4.79 Å². The third-order valence-electron chi connectivity index (χ3n) is 3.40. The molecule has 0 fully saturated rings. The van der Waals surface area contributed by atoms with Crippen LogP contribution < -0.4 is 9.47 Å². The fourth-order valence-corrected chi connectivity index (χ4v) is 3.79. The summed E-state index contributed by atoms with van der Waals surface area (Å²) in [5.41, 5.74) is 0.592. The van der Waals surface area contributed by atoms with Gasteiger partial charge in [0.2, 0.25) is 0 Å². The lowest BCUT2D eigenvalue weighted by atomic mass is 10.2. The summed E-state index contributed by atoms with van der Waals surface area (Å²) in [6.45, 7) is -2.96. The predicted octanol–water partition coefficient (Wildman–Crippen LogP) is 4.14. The van der Waals surface area contributed by atoms with Crippen LogP contribution in [0.15, 0.2) is 41.0 Å². The minimum absolute atomic E-state index is 0.0116. The van der Waals surface area contributed by atoms with Crippen molar-refractivity contribution in [1.82, 2.24) is 9.97 Å². The normalized spacial score (nSPS) is 11.0. The largest absolute Gasteiger partial charge is 0.493 e. The molecule has 2 heterocycles. The summed E-state index contributed by atoms with van der Waals surface area (Å²) < 4.78 is 39.3. The van der Waals surface area contributed by atoms with E-state index in [9.17, 15) is 13.6 Å². The van der Waals surface area contributed by atoms with Crippen LogP contribution in [0.1, 0.15) is 5.56 Å². The highest BCUT2D eigenvalue weighted by Crippen LogP contribution is 2.30. The zero-order valence-corrected chi connectivity index (χ0v) is 15.7. The first-order valence-electron chi connectivity index (χ1n) is 7.65. The lowest BCUT2D eigenvalue weighted by molar-refractivity contribution is -0.141. The molecule has 0 aliphatic rings. The molecule has 0 aliphatic carbocycles. The second kappa shape index (κ2) is 8.96. The summed E-state index contributed by atoms with van der Waals surface area (Å²) in [6.07, 6.45) is 1.46. The van der Waals surface area contributed by atoms with Crippen LogP contribution >= 0.6 is 23.1 Å². The molecule has 0 amide bonds. The minimum Gasteiger partial charge on any atom is -0.493 e. The molecule has 0 bridgehead atoms. The highest BCUT2D eigenvalue weighted by Gasteiger charge is 2.13. The Hall–Kier alpha value is -2.46. The summed E-state index contributed by atoms with van der Waals surface area (Å²) in [7, 11) is 1.34. The number of rotatable bonds is 8. The predicted molar refractivity (Wildman–Crippen MR) is 97.6 cm³/mol. The number of nitrogens with zero attached hydrogens (tertiary/aromatic N) is 2. The number of thioether (sulfide) groups is 1. The maximum atomic E-state index is 12.3. The fourth-order valence-electron chi connectivity index (χ4n) is 2.21. The van der Waals surface area contributed by atoms with Crippen molar-refractivity contribution in [3.05, 3.63) is 41.5 Å².